The Kier molecular flexibility index (Phi) is 5.35. The molecule has 0 radical (unpaired) electrons. The Morgan fingerprint density at radius 1 is 1.17 bits per heavy atom. The molecule has 1 heteroatoms. The first-order chi connectivity index (χ1) is 5.56. The van der Waals surface area contributed by atoms with Crippen molar-refractivity contribution in [1.82, 2.24) is 0 Å². The molecule has 0 aromatic rings. The fourth-order valence-electron chi connectivity index (χ4n) is 1.07. The Morgan fingerprint density at radius 3 is 2.17 bits per heavy atom. The third-order valence-electron chi connectivity index (χ3n) is 1.35. The Balaban J connectivity index is 4.36. The SMILES string of the molecule is CC/C=C(\C)N=C(C)C=C(C)C. The van der Waals surface area contributed by atoms with E-state index in [0.717, 1.165) is 17.8 Å². The lowest BCUT2D eigenvalue weighted by Gasteiger charge is -1.95. The van der Waals surface area contributed by atoms with Crippen molar-refractivity contribution >= 4 is 5.71 Å². The summed E-state index contributed by atoms with van der Waals surface area (Å²) in [6.07, 6.45) is 5.27. The highest BCUT2D eigenvalue weighted by atomic mass is 14.7. The smallest absolute Gasteiger partial charge is 0.0375 e. The predicted molar refractivity (Wildman–Crippen MR) is 56.6 cm³/mol. The van der Waals surface area contributed by atoms with Crippen molar-refractivity contribution in [3.8, 4) is 0 Å². The van der Waals surface area contributed by atoms with E-state index in [0.29, 0.717) is 0 Å². The molecule has 0 aromatic heterocycles. The number of rotatable bonds is 3. The molecule has 0 spiro atoms. The van der Waals surface area contributed by atoms with Crippen LogP contribution in [-0.4, -0.2) is 5.71 Å². The van der Waals surface area contributed by atoms with Crippen LogP contribution in [0.5, 0.6) is 0 Å². The third-order valence-corrected chi connectivity index (χ3v) is 1.35. The molecule has 0 aliphatic rings. The quantitative estimate of drug-likeness (QED) is 0.565. The number of allylic oxidation sites excluding steroid dienone is 4. The van der Waals surface area contributed by atoms with Gasteiger partial charge in [0.1, 0.15) is 0 Å². The molecule has 0 N–H and O–H groups in total. The van der Waals surface area contributed by atoms with Crippen LogP contribution in [0.25, 0.3) is 0 Å². The molecule has 0 rings (SSSR count). The summed E-state index contributed by atoms with van der Waals surface area (Å²) in [5.41, 5.74) is 3.48. The van der Waals surface area contributed by atoms with E-state index in [1.54, 1.807) is 0 Å². The molecule has 0 aliphatic carbocycles. The van der Waals surface area contributed by atoms with Gasteiger partial charge < -0.3 is 0 Å². The Bertz CT molecular complexity index is 215. The average Bonchev–Trinajstić information content (AvgIpc) is 1.84. The Hall–Kier alpha value is -0.850. The lowest BCUT2D eigenvalue weighted by atomic mass is 10.2. The molecule has 0 amide bonds. The molecule has 0 saturated carbocycles. The highest BCUT2D eigenvalue weighted by Gasteiger charge is 1.86. The van der Waals surface area contributed by atoms with Crippen LogP contribution in [-0.2, 0) is 0 Å². The van der Waals surface area contributed by atoms with Gasteiger partial charge >= 0.3 is 0 Å². The summed E-state index contributed by atoms with van der Waals surface area (Å²) in [5.74, 6) is 0. The number of nitrogens with zero attached hydrogens (tertiary/aromatic N) is 1. The van der Waals surface area contributed by atoms with Gasteiger partial charge in [0.2, 0.25) is 0 Å². The maximum Gasteiger partial charge on any atom is 0.0375 e. The molecule has 1 nitrogen and oxygen atoms in total. The molecule has 0 aliphatic heterocycles. The molecule has 0 heterocycles. The first-order valence-electron chi connectivity index (χ1n) is 4.43. The van der Waals surface area contributed by atoms with Crippen LogP contribution in [0.1, 0.15) is 41.0 Å². The van der Waals surface area contributed by atoms with E-state index in [-0.39, 0.29) is 0 Å². The molecule has 0 bridgehead atoms. The molecule has 68 valence electrons. The normalized spacial score (nSPS) is 13.1. The summed E-state index contributed by atoms with van der Waals surface area (Å²) >= 11 is 0. The first kappa shape index (κ1) is 11.2. The second kappa shape index (κ2) is 5.76. The van der Waals surface area contributed by atoms with E-state index in [2.05, 4.69) is 37.9 Å². The summed E-state index contributed by atoms with van der Waals surface area (Å²) in [5, 5.41) is 0. The zero-order chi connectivity index (χ0) is 9.56. The molecule has 0 saturated heterocycles. The van der Waals surface area contributed by atoms with Gasteiger partial charge in [-0.25, -0.2) is 0 Å². The van der Waals surface area contributed by atoms with E-state index in [1.807, 2.05) is 13.8 Å². The van der Waals surface area contributed by atoms with E-state index in [4.69, 9.17) is 0 Å². The van der Waals surface area contributed by atoms with Gasteiger partial charge in [-0.15, -0.1) is 0 Å². The second-order valence-electron chi connectivity index (χ2n) is 3.23. The van der Waals surface area contributed by atoms with Gasteiger partial charge in [0.15, 0.2) is 0 Å². The molecule has 0 atom stereocenters. The van der Waals surface area contributed by atoms with Gasteiger partial charge in [0.05, 0.1) is 0 Å². The standard InChI is InChI=1S/C11H19N/c1-6-7-10(4)12-11(5)8-9(2)3/h7-8H,6H2,1-5H3/b10-7+,12-11?. The van der Waals surface area contributed by atoms with Crippen molar-refractivity contribution in [2.24, 2.45) is 4.99 Å². The topological polar surface area (TPSA) is 12.4 Å². The number of hydrogen-bond acceptors (Lipinski definition) is 1. The monoisotopic (exact) mass is 165 g/mol. The minimum absolute atomic E-state index is 1.05. The zero-order valence-electron chi connectivity index (χ0n) is 8.81. The van der Waals surface area contributed by atoms with Gasteiger partial charge in [-0.1, -0.05) is 18.6 Å². The largest absolute Gasteiger partial charge is 0.259 e. The van der Waals surface area contributed by atoms with Crippen molar-refractivity contribution in [3.63, 3.8) is 0 Å². The zero-order valence-corrected chi connectivity index (χ0v) is 8.81. The molecule has 0 fully saturated rings. The highest BCUT2D eigenvalue weighted by molar-refractivity contribution is 5.93. The summed E-state index contributed by atoms with van der Waals surface area (Å²) in [6.45, 7) is 10.3. The van der Waals surface area contributed by atoms with E-state index in [9.17, 15) is 0 Å². The van der Waals surface area contributed by atoms with Crippen LogP contribution < -0.4 is 0 Å². The van der Waals surface area contributed by atoms with Crippen molar-refractivity contribution in [2.45, 2.75) is 41.0 Å². The van der Waals surface area contributed by atoms with Crippen LogP contribution in [0.15, 0.2) is 28.4 Å². The third kappa shape index (κ3) is 5.90. The number of aliphatic imine (C=N–C) groups is 1. The van der Waals surface area contributed by atoms with Crippen LogP contribution in [0.4, 0.5) is 0 Å². The van der Waals surface area contributed by atoms with Crippen LogP contribution in [0.2, 0.25) is 0 Å². The van der Waals surface area contributed by atoms with E-state index in [1.165, 1.54) is 5.57 Å². The summed E-state index contributed by atoms with van der Waals surface area (Å²) in [4.78, 5) is 4.41. The fourth-order valence-corrected chi connectivity index (χ4v) is 1.07. The number of hydrogen-bond donors (Lipinski definition) is 0. The predicted octanol–water partition coefficient (Wildman–Crippen LogP) is 3.73. The highest BCUT2D eigenvalue weighted by Crippen LogP contribution is 1.99. The van der Waals surface area contributed by atoms with Crippen molar-refractivity contribution in [3.05, 3.63) is 23.4 Å². The van der Waals surface area contributed by atoms with Gasteiger partial charge in [-0.3, -0.25) is 4.99 Å². The van der Waals surface area contributed by atoms with Crippen LogP contribution >= 0.6 is 0 Å². The minimum Gasteiger partial charge on any atom is -0.259 e. The minimum atomic E-state index is 1.05. The summed E-state index contributed by atoms with van der Waals surface area (Å²) in [6, 6.07) is 0. The average molecular weight is 165 g/mol. The first-order valence-corrected chi connectivity index (χ1v) is 4.43. The lowest BCUT2D eigenvalue weighted by Crippen LogP contribution is -1.86. The van der Waals surface area contributed by atoms with Crippen LogP contribution in [0, 0.1) is 0 Å². The van der Waals surface area contributed by atoms with Crippen molar-refractivity contribution in [1.29, 1.82) is 0 Å². The fraction of sp³-hybridized carbons (Fsp3) is 0.545. The van der Waals surface area contributed by atoms with Gasteiger partial charge in [-0.05, 0) is 40.2 Å². The van der Waals surface area contributed by atoms with Crippen molar-refractivity contribution in [2.75, 3.05) is 0 Å². The maximum atomic E-state index is 4.41. The molecule has 0 aromatic carbocycles. The van der Waals surface area contributed by atoms with E-state index < -0.39 is 0 Å². The maximum absolute atomic E-state index is 4.41. The summed E-state index contributed by atoms with van der Waals surface area (Å²) in [7, 11) is 0. The van der Waals surface area contributed by atoms with Crippen molar-refractivity contribution < 1.29 is 0 Å². The molecular weight excluding hydrogens is 146 g/mol. The molecule has 0 unspecified atom stereocenters. The molecular formula is C11H19N. The van der Waals surface area contributed by atoms with Gasteiger partial charge in [0.25, 0.3) is 0 Å². The van der Waals surface area contributed by atoms with Crippen LogP contribution in [0.3, 0.4) is 0 Å². The second-order valence-corrected chi connectivity index (χ2v) is 3.23. The molecule has 12 heavy (non-hydrogen) atoms. The van der Waals surface area contributed by atoms with Gasteiger partial charge in [0, 0.05) is 11.4 Å². The Morgan fingerprint density at radius 2 is 1.75 bits per heavy atom. The summed E-state index contributed by atoms with van der Waals surface area (Å²) < 4.78 is 0. The van der Waals surface area contributed by atoms with E-state index >= 15 is 0 Å². The Labute approximate surface area is 75.9 Å². The lowest BCUT2D eigenvalue weighted by molar-refractivity contribution is 1.15. The van der Waals surface area contributed by atoms with Gasteiger partial charge in [-0.2, -0.15) is 0 Å².